The SMILES string of the molecule is COC(=O)CC1SC(=Nc2ccccc2)N(c2ccc(OC)cc2)C1=O. The van der Waals surface area contributed by atoms with Gasteiger partial charge in [0.25, 0.3) is 0 Å². The van der Waals surface area contributed by atoms with Crippen LogP contribution in [0, 0.1) is 0 Å². The van der Waals surface area contributed by atoms with Gasteiger partial charge in [0.2, 0.25) is 5.91 Å². The smallest absolute Gasteiger partial charge is 0.307 e. The van der Waals surface area contributed by atoms with E-state index >= 15 is 0 Å². The Morgan fingerprint density at radius 2 is 1.81 bits per heavy atom. The quantitative estimate of drug-likeness (QED) is 0.755. The Balaban J connectivity index is 1.96. The van der Waals surface area contributed by atoms with Gasteiger partial charge in [-0.2, -0.15) is 0 Å². The van der Waals surface area contributed by atoms with E-state index in [4.69, 9.17) is 9.47 Å². The zero-order valence-electron chi connectivity index (χ0n) is 14.4. The first-order valence-corrected chi connectivity index (χ1v) is 8.85. The highest BCUT2D eigenvalue weighted by Crippen LogP contribution is 2.35. The molecule has 26 heavy (non-hydrogen) atoms. The first-order valence-electron chi connectivity index (χ1n) is 7.97. The van der Waals surface area contributed by atoms with Crippen molar-refractivity contribution in [3.8, 4) is 5.75 Å². The Kier molecular flexibility index (Phi) is 5.58. The first kappa shape index (κ1) is 18.0. The van der Waals surface area contributed by atoms with Gasteiger partial charge in [0.1, 0.15) is 11.0 Å². The molecular formula is C19H18N2O4S. The number of amidine groups is 1. The maximum Gasteiger partial charge on any atom is 0.307 e. The van der Waals surface area contributed by atoms with Crippen molar-refractivity contribution in [1.29, 1.82) is 0 Å². The average molecular weight is 370 g/mol. The number of para-hydroxylation sites is 1. The number of benzene rings is 2. The van der Waals surface area contributed by atoms with Crippen molar-refractivity contribution in [2.75, 3.05) is 19.1 Å². The Morgan fingerprint density at radius 3 is 2.42 bits per heavy atom. The maximum atomic E-state index is 12.9. The van der Waals surface area contributed by atoms with Gasteiger partial charge in [0.15, 0.2) is 5.17 Å². The fourth-order valence-electron chi connectivity index (χ4n) is 2.49. The summed E-state index contributed by atoms with van der Waals surface area (Å²) >= 11 is 1.26. The van der Waals surface area contributed by atoms with E-state index in [1.807, 2.05) is 30.3 Å². The van der Waals surface area contributed by atoms with Gasteiger partial charge in [-0.25, -0.2) is 4.99 Å². The highest BCUT2D eigenvalue weighted by molar-refractivity contribution is 8.16. The Morgan fingerprint density at radius 1 is 1.12 bits per heavy atom. The topological polar surface area (TPSA) is 68.2 Å². The summed E-state index contributed by atoms with van der Waals surface area (Å²) in [4.78, 5) is 30.7. The molecule has 1 aliphatic heterocycles. The molecule has 134 valence electrons. The van der Waals surface area contributed by atoms with E-state index in [1.54, 1.807) is 31.4 Å². The summed E-state index contributed by atoms with van der Waals surface area (Å²) < 4.78 is 9.88. The van der Waals surface area contributed by atoms with Crippen LogP contribution in [0.2, 0.25) is 0 Å². The van der Waals surface area contributed by atoms with Crippen molar-refractivity contribution in [2.24, 2.45) is 4.99 Å². The summed E-state index contributed by atoms with van der Waals surface area (Å²) in [5.41, 5.74) is 1.41. The standard InChI is InChI=1S/C19H18N2O4S/c1-24-15-10-8-14(9-11-15)21-18(23)16(12-17(22)25-2)26-19(21)20-13-6-4-3-5-7-13/h3-11,16H,12H2,1-2H3. The van der Waals surface area contributed by atoms with Crippen molar-refractivity contribution in [3.63, 3.8) is 0 Å². The summed E-state index contributed by atoms with van der Waals surface area (Å²) in [5, 5.41) is -0.0349. The lowest BCUT2D eigenvalue weighted by Crippen LogP contribution is -2.32. The number of rotatable bonds is 5. The van der Waals surface area contributed by atoms with E-state index in [1.165, 1.54) is 23.8 Å². The van der Waals surface area contributed by atoms with E-state index in [-0.39, 0.29) is 12.3 Å². The summed E-state index contributed by atoms with van der Waals surface area (Å²) in [5.74, 6) is 0.0763. The molecule has 0 N–H and O–H groups in total. The van der Waals surface area contributed by atoms with Crippen LogP contribution in [0.1, 0.15) is 6.42 Å². The van der Waals surface area contributed by atoms with Crippen LogP contribution in [-0.4, -0.2) is 36.5 Å². The summed E-state index contributed by atoms with van der Waals surface area (Å²) in [6, 6.07) is 16.5. The van der Waals surface area contributed by atoms with E-state index in [9.17, 15) is 9.59 Å². The number of aliphatic imine (C=N–C) groups is 1. The molecule has 0 spiro atoms. The molecular weight excluding hydrogens is 352 g/mol. The van der Waals surface area contributed by atoms with Gasteiger partial charge in [-0.05, 0) is 36.4 Å². The minimum Gasteiger partial charge on any atom is -0.497 e. The molecule has 1 atom stereocenters. The van der Waals surface area contributed by atoms with Crippen LogP contribution in [0.3, 0.4) is 0 Å². The number of esters is 1. The maximum absolute atomic E-state index is 12.9. The zero-order valence-corrected chi connectivity index (χ0v) is 15.2. The zero-order chi connectivity index (χ0) is 18.5. The normalized spacial score (nSPS) is 18.2. The number of nitrogens with zero attached hydrogens (tertiary/aromatic N) is 2. The largest absolute Gasteiger partial charge is 0.497 e. The molecule has 1 unspecified atom stereocenters. The molecule has 0 radical (unpaired) electrons. The molecule has 2 aromatic rings. The second-order valence-electron chi connectivity index (χ2n) is 5.49. The number of amides is 1. The highest BCUT2D eigenvalue weighted by Gasteiger charge is 2.40. The lowest BCUT2D eigenvalue weighted by atomic mass is 10.2. The molecule has 1 aliphatic rings. The molecule has 1 heterocycles. The van der Waals surface area contributed by atoms with E-state index < -0.39 is 11.2 Å². The van der Waals surface area contributed by atoms with Crippen LogP contribution in [0.25, 0.3) is 0 Å². The van der Waals surface area contributed by atoms with Crippen molar-refractivity contribution >= 4 is 40.2 Å². The molecule has 3 rings (SSSR count). The van der Waals surface area contributed by atoms with Crippen LogP contribution in [-0.2, 0) is 14.3 Å². The lowest BCUT2D eigenvalue weighted by molar-refractivity contribution is -0.141. The van der Waals surface area contributed by atoms with Crippen molar-refractivity contribution in [2.45, 2.75) is 11.7 Å². The molecule has 0 bridgehead atoms. The van der Waals surface area contributed by atoms with Gasteiger partial charge in [-0.3, -0.25) is 14.5 Å². The number of hydrogen-bond donors (Lipinski definition) is 0. The number of methoxy groups -OCH3 is 2. The summed E-state index contributed by atoms with van der Waals surface area (Å²) in [6.07, 6.45) is 0.000461. The Hall–Kier alpha value is -2.80. The highest BCUT2D eigenvalue weighted by atomic mass is 32.2. The van der Waals surface area contributed by atoms with Crippen molar-refractivity contribution in [1.82, 2.24) is 0 Å². The molecule has 7 heteroatoms. The average Bonchev–Trinajstić information content (AvgIpc) is 2.97. The lowest BCUT2D eigenvalue weighted by Gasteiger charge is -2.17. The third-order valence-corrected chi connectivity index (χ3v) is 4.96. The minimum atomic E-state index is -0.563. The predicted octanol–water partition coefficient (Wildman–Crippen LogP) is 3.39. The fourth-order valence-corrected chi connectivity index (χ4v) is 3.63. The van der Waals surface area contributed by atoms with Gasteiger partial charge in [0.05, 0.1) is 32.0 Å². The molecule has 1 amide bonds. The number of ether oxygens (including phenoxy) is 2. The van der Waals surface area contributed by atoms with Crippen molar-refractivity contribution in [3.05, 3.63) is 54.6 Å². The summed E-state index contributed by atoms with van der Waals surface area (Å²) in [6.45, 7) is 0. The van der Waals surface area contributed by atoms with Crippen molar-refractivity contribution < 1.29 is 19.1 Å². The predicted molar refractivity (Wildman–Crippen MR) is 102 cm³/mol. The van der Waals surface area contributed by atoms with Gasteiger partial charge in [-0.1, -0.05) is 30.0 Å². The molecule has 0 aromatic heterocycles. The molecule has 6 nitrogen and oxygen atoms in total. The molecule has 0 saturated carbocycles. The Labute approximate surface area is 155 Å². The Bertz CT molecular complexity index is 821. The van der Waals surface area contributed by atoms with Gasteiger partial charge < -0.3 is 9.47 Å². The minimum absolute atomic E-state index is 0.000461. The number of hydrogen-bond acceptors (Lipinski definition) is 6. The van der Waals surface area contributed by atoms with E-state index in [0.717, 1.165) is 5.69 Å². The number of carbonyl (C=O) groups is 2. The van der Waals surface area contributed by atoms with Gasteiger partial charge in [0, 0.05) is 0 Å². The number of anilines is 1. The second kappa shape index (κ2) is 8.05. The first-order chi connectivity index (χ1) is 12.6. The van der Waals surface area contributed by atoms with Crippen LogP contribution in [0.5, 0.6) is 5.75 Å². The summed E-state index contributed by atoms with van der Waals surface area (Å²) in [7, 11) is 2.90. The third-order valence-electron chi connectivity index (χ3n) is 3.83. The van der Waals surface area contributed by atoms with Gasteiger partial charge >= 0.3 is 5.97 Å². The third kappa shape index (κ3) is 3.88. The molecule has 0 aliphatic carbocycles. The molecule has 1 saturated heterocycles. The second-order valence-corrected chi connectivity index (χ2v) is 6.66. The number of thioether (sulfide) groups is 1. The fraction of sp³-hybridized carbons (Fsp3) is 0.211. The monoisotopic (exact) mass is 370 g/mol. The van der Waals surface area contributed by atoms with Crippen LogP contribution in [0.4, 0.5) is 11.4 Å². The van der Waals surface area contributed by atoms with E-state index in [0.29, 0.717) is 16.6 Å². The van der Waals surface area contributed by atoms with Crippen LogP contribution >= 0.6 is 11.8 Å². The van der Waals surface area contributed by atoms with E-state index in [2.05, 4.69) is 4.99 Å². The van der Waals surface area contributed by atoms with Crippen LogP contribution < -0.4 is 9.64 Å². The van der Waals surface area contributed by atoms with Gasteiger partial charge in [-0.15, -0.1) is 0 Å². The van der Waals surface area contributed by atoms with Crippen LogP contribution in [0.15, 0.2) is 59.6 Å². The molecule has 1 fully saturated rings. The molecule has 2 aromatic carbocycles. The number of carbonyl (C=O) groups excluding carboxylic acids is 2.